The number of rotatable bonds is 6. The Bertz CT molecular complexity index is 515. The second-order valence-corrected chi connectivity index (χ2v) is 5.21. The Morgan fingerprint density at radius 3 is 2.67 bits per heavy atom. The van der Waals surface area contributed by atoms with Crippen LogP contribution in [0.25, 0.3) is 0 Å². The van der Waals surface area contributed by atoms with Crippen LogP contribution in [-0.2, 0) is 27.3 Å². The van der Waals surface area contributed by atoms with E-state index >= 15 is 0 Å². The van der Waals surface area contributed by atoms with E-state index in [1.54, 1.807) is 0 Å². The first-order valence-corrected chi connectivity index (χ1v) is 7.30. The van der Waals surface area contributed by atoms with Gasteiger partial charge in [-0.1, -0.05) is 31.2 Å². The van der Waals surface area contributed by atoms with E-state index < -0.39 is 12.0 Å². The summed E-state index contributed by atoms with van der Waals surface area (Å²) in [6.45, 7) is 3.33. The molecule has 0 bridgehead atoms. The van der Waals surface area contributed by atoms with Crippen molar-refractivity contribution in [3.8, 4) is 0 Å². The second-order valence-electron chi connectivity index (χ2n) is 5.21. The largest absolute Gasteiger partial charge is 0.480 e. The highest BCUT2D eigenvalue weighted by Crippen LogP contribution is 2.24. The van der Waals surface area contributed by atoms with Gasteiger partial charge in [-0.2, -0.15) is 0 Å². The molecule has 21 heavy (non-hydrogen) atoms. The molecule has 0 radical (unpaired) electrons. The lowest BCUT2D eigenvalue weighted by atomic mass is 9.94. The van der Waals surface area contributed by atoms with Crippen LogP contribution < -0.4 is 0 Å². The number of carboxylic acids is 1. The smallest absolute Gasteiger partial charge is 0.326 e. The Morgan fingerprint density at radius 1 is 1.29 bits per heavy atom. The molecule has 1 amide bonds. The van der Waals surface area contributed by atoms with E-state index in [2.05, 4.69) is 0 Å². The number of ether oxygens (including phenoxy) is 1. The van der Waals surface area contributed by atoms with Crippen molar-refractivity contribution in [2.75, 3.05) is 13.2 Å². The van der Waals surface area contributed by atoms with Crippen molar-refractivity contribution in [3.05, 3.63) is 35.4 Å². The van der Waals surface area contributed by atoms with Crippen molar-refractivity contribution in [1.29, 1.82) is 0 Å². The molecule has 5 nitrogen and oxygen atoms in total. The molecule has 5 heteroatoms. The molecule has 2 rings (SSSR count). The molecule has 1 atom stereocenters. The van der Waals surface area contributed by atoms with Crippen molar-refractivity contribution < 1.29 is 19.4 Å². The van der Waals surface area contributed by atoms with Crippen LogP contribution in [0.4, 0.5) is 0 Å². The summed E-state index contributed by atoms with van der Waals surface area (Å²) in [7, 11) is 0. The van der Waals surface area contributed by atoms with E-state index in [0.717, 1.165) is 17.5 Å². The predicted octanol–water partition coefficient (Wildman–Crippen LogP) is 1.84. The molecule has 0 saturated heterocycles. The molecule has 0 fully saturated rings. The molecule has 1 aromatic carbocycles. The summed E-state index contributed by atoms with van der Waals surface area (Å²) in [5.41, 5.74) is 2.04. The maximum absolute atomic E-state index is 12.3. The lowest BCUT2D eigenvalue weighted by molar-refractivity contribution is -0.151. The Hall–Kier alpha value is -1.88. The fourth-order valence-corrected chi connectivity index (χ4v) is 2.56. The fourth-order valence-electron chi connectivity index (χ4n) is 2.56. The summed E-state index contributed by atoms with van der Waals surface area (Å²) in [6, 6.07) is 6.90. The first-order valence-electron chi connectivity index (χ1n) is 7.30. The van der Waals surface area contributed by atoms with Gasteiger partial charge in [0, 0.05) is 19.6 Å². The number of benzene rings is 1. The minimum atomic E-state index is -0.952. The molecule has 0 aliphatic carbocycles. The zero-order valence-electron chi connectivity index (χ0n) is 12.2. The molecule has 1 N–H and O–H groups in total. The van der Waals surface area contributed by atoms with E-state index in [1.807, 2.05) is 31.2 Å². The molecule has 114 valence electrons. The van der Waals surface area contributed by atoms with Gasteiger partial charge in [0.25, 0.3) is 0 Å². The highest BCUT2D eigenvalue weighted by atomic mass is 16.5. The van der Waals surface area contributed by atoms with Gasteiger partial charge in [0.2, 0.25) is 5.91 Å². The minimum Gasteiger partial charge on any atom is -0.480 e. The zero-order chi connectivity index (χ0) is 15.2. The van der Waals surface area contributed by atoms with Crippen LogP contribution in [0.15, 0.2) is 24.3 Å². The van der Waals surface area contributed by atoms with Gasteiger partial charge in [0.15, 0.2) is 0 Å². The third-order valence-corrected chi connectivity index (χ3v) is 3.66. The summed E-state index contributed by atoms with van der Waals surface area (Å²) in [5, 5.41) is 9.37. The Morgan fingerprint density at radius 2 is 2.00 bits per heavy atom. The molecule has 1 heterocycles. The van der Waals surface area contributed by atoms with Crippen LogP contribution in [0.5, 0.6) is 0 Å². The zero-order valence-corrected chi connectivity index (χ0v) is 12.2. The number of amides is 1. The van der Waals surface area contributed by atoms with E-state index in [0.29, 0.717) is 26.2 Å². The van der Waals surface area contributed by atoms with Gasteiger partial charge in [-0.25, -0.2) is 4.79 Å². The third-order valence-electron chi connectivity index (χ3n) is 3.66. The highest BCUT2D eigenvalue weighted by Gasteiger charge is 2.33. The Labute approximate surface area is 124 Å². The number of carboxylic acid groups (broad SMARTS) is 1. The van der Waals surface area contributed by atoms with Crippen LogP contribution in [-0.4, -0.2) is 41.1 Å². The van der Waals surface area contributed by atoms with Gasteiger partial charge in [-0.05, 0) is 17.5 Å². The van der Waals surface area contributed by atoms with E-state index in [1.165, 1.54) is 4.90 Å². The number of carbonyl (C=O) groups excluding carboxylic acids is 1. The maximum atomic E-state index is 12.3. The molecular formula is C16H21NO4. The molecular weight excluding hydrogens is 270 g/mol. The van der Waals surface area contributed by atoms with Gasteiger partial charge in [-0.3, -0.25) is 4.79 Å². The first-order chi connectivity index (χ1) is 10.1. The quantitative estimate of drug-likeness (QED) is 0.812. The summed E-state index contributed by atoms with van der Waals surface area (Å²) < 4.78 is 5.31. The van der Waals surface area contributed by atoms with Crippen molar-refractivity contribution >= 4 is 11.9 Å². The number of fused-ring (bicyclic) bond motifs is 1. The van der Waals surface area contributed by atoms with Gasteiger partial charge in [0.05, 0.1) is 13.0 Å². The Kier molecular flexibility index (Phi) is 5.33. The lowest BCUT2D eigenvalue weighted by Gasteiger charge is -2.34. The van der Waals surface area contributed by atoms with Crippen molar-refractivity contribution in [1.82, 2.24) is 4.90 Å². The maximum Gasteiger partial charge on any atom is 0.326 e. The van der Waals surface area contributed by atoms with Crippen LogP contribution in [0.3, 0.4) is 0 Å². The van der Waals surface area contributed by atoms with E-state index in [9.17, 15) is 14.7 Å². The number of hydrogen-bond donors (Lipinski definition) is 1. The van der Waals surface area contributed by atoms with Gasteiger partial charge in [0.1, 0.15) is 6.04 Å². The average Bonchev–Trinajstić information content (AvgIpc) is 2.50. The summed E-state index contributed by atoms with van der Waals surface area (Å²) in [4.78, 5) is 25.2. The van der Waals surface area contributed by atoms with Crippen LogP contribution in [0.2, 0.25) is 0 Å². The monoisotopic (exact) mass is 291 g/mol. The second kappa shape index (κ2) is 7.22. The van der Waals surface area contributed by atoms with Crippen molar-refractivity contribution in [2.45, 2.75) is 38.8 Å². The third kappa shape index (κ3) is 3.82. The van der Waals surface area contributed by atoms with Crippen molar-refractivity contribution in [3.63, 3.8) is 0 Å². The van der Waals surface area contributed by atoms with Crippen LogP contribution >= 0.6 is 0 Å². The standard InChI is InChI=1S/C16H21NO4/c1-2-8-21-9-7-15(18)17-11-13-6-4-3-5-12(13)10-14(17)16(19)20/h3-6,14H,2,7-11H2,1H3,(H,19,20)/t14-/m0/s1. The molecule has 1 aliphatic heterocycles. The summed E-state index contributed by atoms with van der Waals surface area (Å²) >= 11 is 0. The highest BCUT2D eigenvalue weighted by molar-refractivity contribution is 5.84. The van der Waals surface area contributed by atoms with E-state index in [4.69, 9.17) is 4.74 Å². The number of carbonyl (C=O) groups is 2. The number of nitrogens with zero attached hydrogens (tertiary/aromatic N) is 1. The molecule has 0 aromatic heterocycles. The van der Waals surface area contributed by atoms with Crippen LogP contribution in [0.1, 0.15) is 30.9 Å². The average molecular weight is 291 g/mol. The number of hydrogen-bond acceptors (Lipinski definition) is 3. The topological polar surface area (TPSA) is 66.8 Å². The minimum absolute atomic E-state index is 0.159. The van der Waals surface area contributed by atoms with Gasteiger partial charge in [-0.15, -0.1) is 0 Å². The summed E-state index contributed by atoms with van der Waals surface area (Å²) in [6.07, 6.45) is 1.50. The van der Waals surface area contributed by atoms with Crippen LogP contribution in [0, 0.1) is 0 Å². The SMILES string of the molecule is CCCOCCC(=O)N1Cc2ccccc2C[C@H]1C(=O)O. The molecule has 1 aromatic rings. The lowest BCUT2D eigenvalue weighted by Crippen LogP contribution is -2.48. The predicted molar refractivity (Wildman–Crippen MR) is 77.8 cm³/mol. The molecule has 0 unspecified atom stereocenters. The molecule has 0 saturated carbocycles. The molecule has 1 aliphatic rings. The summed E-state index contributed by atoms with van der Waals surface area (Å²) in [5.74, 6) is -1.11. The normalized spacial score (nSPS) is 17.4. The first kappa shape index (κ1) is 15.5. The van der Waals surface area contributed by atoms with E-state index in [-0.39, 0.29) is 12.3 Å². The van der Waals surface area contributed by atoms with Gasteiger partial charge < -0.3 is 14.7 Å². The van der Waals surface area contributed by atoms with Crippen molar-refractivity contribution in [2.24, 2.45) is 0 Å². The number of aliphatic carboxylic acids is 1. The van der Waals surface area contributed by atoms with Gasteiger partial charge >= 0.3 is 5.97 Å². The fraction of sp³-hybridized carbons (Fsp3) is 0.500. The Balaban J connectivity index is 2.06. The molecule has 0 spiro atoms.